The first-order chi connectivity index (χ1) is 12.4. The van der Waals surface area contributed by atoms with E-state index in [4.69, 9.17) is 9.47 Å². The maximum Gasteiger partial charge on any atom is 0.320 e. The monoisotopic (exact) mass is 364 g/mol. The number of carbonyl (C=O) groups is 2. The van der Waals surface area contributed by atoms with Crippen LogP contribution < -0.4 is 14.8 Å². The highest BCUT2D eigenvalue weighted by atomic mass is 16.5. The molecule has 2 atom stereocenters. The lowest BCUT2D eigenvalue weighted by Gasteiger charge is -2.26. The van der Waals surface area contributed by atoms with Crippen molar-refractivity contribution in [2.45, 2.75) is 51.7 Å². The number of hydrogen-bond acceptors (Lipinski definition) is 5. The van der Waals surface area contributed by atoms with Gasteiger partial charge in [-0.1, -0.05) is 6.07 Å². The average molecular weight is 364 g/mol. The van der Waals surface area contributed by atoms with E-state index in [1.165, 1.54) is 0 Å². The summed E-state index contributed by atoms with van der Waals surface area (Å²) in [5.74, 6) is 0.177. The summed E-state index contributed by atoms with van der Waals surface area (Å²) in [4.78, 5) is 25.4. The lowest BCUT2D eigenvalue weighted by Crippen LogP contribution is -2.46. The molecule has 0 aromatic heterocycles. The fourth-order valence-electron chi connectivity index (χ4n) is 2.89. The molecule has 1 saturated carbocycles. The molecule has 0 radical (unpaired) electrons. The van der Waals surface area contributed by atoms with Gasteiger partial charge in [-0.3, -0.25) is 14.5 Å². The van der Waals surface area contributed by atoms with Crippen LogP contribution in [0.1, 0.15) is 45.2 Å². The molecule has 26 heavy (non-hydrogen) atoms. The van der Waals surface area contributed by atoms with Crippen LogP contribution in [0.2, 0.25) is 0 Å². The predicted octanol–water partition coefficient (Wildman–Crippen LogP) is 2.21. The Labute approximate surface area is 154 Å². The van der Waals surface area contributed by atoms with Crippen molar-refractivity contribution in [1.29, 1.82) is 0 Å². The number of carboxylic acid groups (broad SMARTS) is 1. The lowest BCUT2D eigenvalue weighted by molar-refractivity contribution is -0.143. The van der Waals surface area contributed by atoms with Crippen molar-refractivity contribution >= 4 is 11.9 Å². The second-order valence-corrected chi connectivity index (χ2v) is 6.55. The maximum atomic E-state index is 12.4. The highest BCUT2D eigenvalue weighted by Gasteiger charge is 2.36. The van der Waals surface area contributed by atoms with Gasteiger partial charge in [0.05, 0.1) is 26.3 Å². The molecule has 144 valence electrons. The summed E-state index contributed by atoms with van der Waals surface area (Å²) < 4.78 is 10.8. The molecular weight excluding hydrogens is 336 g/mol. The summed E-state index contributed by atoms with van der Waals surface area (Å²) in [6.07, 6.45) is 1.88. The Balaban J connectivity index is 2.00. The molecule has 0 aliphatic heterocycles. The Morgan fingerprint density at radius 1 is 1.31 bits per heavy atom. The molecule has 0 heterocycles. The number of ether oxygens (including phenoxy) is 2. The minimum absolute atomic E-state index is 0.0800. The fraction of sp³-hybridized carbons (Fsp3) is 0.579. The minimum atomic E-state index is -0.908. The van der Waals surface area contributed by atoms with Crippen molar-refractivity contribution in [2.24, 2.45) is 0 Å². The number of hydrogen-bond donors (Lipinski definition) is 2. The highest BCUT2D eigenvalue weighted by molar-refractivity contribution is 5.80. The largest absolute Gasteiger partial charge is 0.493 e. The van der Waals surface area contributed by atoms with Crippen molar-refractivity contribution < 1.29 is 24.2 Å². The topological polar surface area (TPSA) is 88.1 Å². The number of rotatable bonds is 10. The van der Waals surface area contributed by atoms with Crippen molar-refractivity contribution in [3.8, 4) is 11.5 Å². The Kier molecular flexibility index (Phi) is 6.85. The zero-order valence-corrected chi connectivity index (χ0v) is 15.8. The highest BCUT2D eigenvalue weighted by Crippen LogP contribution is 2.31. The van der Waals surface area contributed by atoms with Crippen LogP contribution in [0.25, 0.3) is 0 Å². The van der Waals surface area contributed by atoms with Crippen molar-refractivity contribution in [3.63, 3.8) is 0 Å². The summed E-state index contributed by atoms with van der Waals surface area (Å²) in [6.45, 7) is 6.03. The molecule has 7 nitrogen and oxygen atoms in total. The summed E-state index contributed by atoms with van der Waals surface area (Å²) >= 11 is 0. The molecule has 7 heteroatoms. The second-order valence-electron chi connectivity index (χ2n) is 6.55. The molecule has 1 aliphatic carbocycles. The van der Waals surface area contributed by atoms with E-state index < -0.39 is 12.0 Å². The first-order valence-electron chi connectivity index (χ1n) is 8.96. The first kappa shape index (κ1) is 20.0. The van der Waals surface area contributed by atoms with E-state index >= 15 is 0 Å². The third-order valence-corrected chi connectivity index (χ3v) is 4.56. The van der Waals surface area contributed by atoms with E-state index in [1.807, 2.05) is 32.0 Å². The van der Waals surface area contributed by atoms with Crippen LogP contribution in [0.4, 0.5) is 0 Å². The third-order valence-electron chi connectivity index (χ3n) is 4.56. The summed E-state index contributed by atoms with van der Waals surface area (Å²) in [5, 5.41) is 12.2. The molecule has 1 aromatic carbocycles. The van der Waals surface area contributed by atoms with Crippen LogP contribution in [0.15, 0.2) is 18.2 Å². The average Bonchev–Trinajstić information content (AvgIpc) is 3.44. The first-order valence-corrected chi connectivity index (χ1v) is 8.96. The standard InChI is InChI=1S/C19H28N2O5/c1-5-26-16-9-6-14(10-17(16)25-4)12(2)20-18(22)11-21(15-7-8-15)13(3)19(23)24/h6,9-10,12-13,15H,5,7-8,11H2,1-4H3,(H,20,22)(H,23,24). The number of methoxy groups -OCH3 is 1. The van der Waals surface area contributed by atoms with E-state index in [-0.39, 0.29) is 24.5 Å². The van der Waals surface area contributed by atoms with E-state index in [0.29, 0.717) is 18.1 Å². The minimum Gasteiger partial charge on any atom is -0.493 e. The Bertz CT molecular complexity index is 645. The quantitative estimate of drug-likeness (QED) is 0.662. The molecule has 0 spiro atoms. The maximum absolute atomic E-state index is 12.4. The molecule has 0 saturated heterocycles. The van der Waals surface area contributed by atoms with Gasteiger partial charge in [0.15, 0.2) is 11.5 Å². The van der Waals surface area contributed by atoms with Crippen LogP contribution >= 0.6 is 0 Å². The summed E-state index contributed by atoms with van der Waals surface area (Å²) in [5.41, 5.74) is 0.892. The number of carboxylic acids is 1. The molecule has 1 fully saturated rings. The van der Waals surface area contributed by atoms with Gasteiger partial charge in [-0.2, -0.15) is 0 Å². The van der Waals surface area contributed by atoms with Gasteiger partial charge < -0.3 is 19.9 Å². The van der Waals surface area contributed by atoms with Crippen molar-refractivity contribution in [3.05, 3.63) is 23.8 Å². The number of nitrogens with one attached hydrogen (secondary N) is 1. The number of aliphatic carboxylic acids is 1. The van der Waals surface area contributed by atoms with Gasteiger partial charge in [-0.05, 0) is 51.3 Å². The van der Waals surface area contributed by atoms with Gasteiger partial charge in [-0.15, -0.1) is 0 Å². The van der Waals surface area contributed by atoms with E-state index in [2.05, 4.69) is 5.32 Å². The second kappa shape index (κ2) is 8.89. The molecular formula is C19H28N2O5. The van der Waals surface area contributed by atoms with Crippen molar-refractivity contribution in [1.82, 2.24) is 10.2 Å². The molecule has 2 N–H and O–H groups in total. The SMILES string of the molecule is CCOc1ccc(C(C)NC(=O)CN(C2CC2)C(C)C(=O)O)cc1OC. The lowest BCUT2D eigenvalue weighted by atomic mass is 10.1. The van der Waals surface area contributed by atoms with Gasteiger partial charge in [0.2, 0.25) is 5.91 Å². The summed E-state index contributed by atoms with van der Waals surface area (Å²) in [7, 11) is 1.58. The smallest absolute Gasteiger partial charge is 0.320 e. The van der Waals surface area contributed by atoms with Crippen molar-refractivity contribution in [2.75, 3.05) is 20.3 Å². The Morgan fingerprint density at radius 3 is 2.54 bits per heavy atom. The molecule has 2 unspecified atom stereocenters. The Hall–Kier alpha value is -2.28. The molecule has 0 bridgehead atoms. The molecule has 1 aliphatic rings. The van der Waals surface area contributed by atoms with Gasteiger partial charge in [0.1, 0.15) is 6.04 Å². The van der Waals surface area contributed by atoms with Gasteiger partial charge in [-0.25, -0.2) is 0 Å². The van der Waals surface area contributed by atoms with E-state index in [9.17, 15) is 14.7 Å². The van der Waals surface area contributed by atoms with Crippen LogP contribution in [-0.2, 0) is 9.59 Å². The zero-order valence-electron chi connectivity index (χ0n) is 15.8. The molecule has 2 rings (SSSR count). The number of nitrogens with zero attached hydrogens (tertiary/aromatic N) is 1. The van der Waals surface area contributed by atoms with Gasteiger partial charge >= 0.3 is 5.97 Å². The number of benzene rings is 1. The van der Waals surface area contributed by atoms with E-state index in [0.717, 1.165) is 18.4 Å². The normalized spacial score (nSPS) is 16.0. The summed E-state index contributed by atoms with van der Waals surface area (Å²) in [6, 6.07) is 4.84. The van der Waals surface area contributed by atoms with Gasteiger partial charge in [0, 0.05) is 6.04 Å². The number of amides is 1. The predicted molar refractivity (Wildman–Crippen MR) is 97.5 cm³/mol. The fourth-order valence-corrected chi connectivity index (χ4v) is 2.89. The van der Waals surface area contributed by atoms with Crippen LogP contribution in [0.5, 0.6) is 11.5 Å². The van der Waals surface area contributed by atoms with Crippen LogP contribution in [0, 0.1) is 0 Å². The number of carbonyl (C=O) groups excluding carboxylic acids is 1. The molecule has 1 aromatic rings. The third kappa shape index (κ3) is 5.11. The van der Waals surface area contributed by atoms with Crippen LogP contribution in [0.3, 0.4) is 0 Å². The van der Waals surface area contributed by atoms with E-state index in [1.54, 1.807) is 18.9 Å². The van der Waals surface area contributed by atoms with Crippen LogP contribution in [-0.4, -0.2) is 54.2 Å². The Morgan fingerprint density at radius 2 is 2.00 bits per heavy atom. The van der Waals surface area contributed by atoms with Gasteiger partial charge in [0.25, 0.3) is 0 Å². The molecule has 1 amide bonds. The zero-order chi connectivity index (χ0) is 19.3.